The van der Waals surface area contributed by atoms with Gasteiger partial charge in [0.1, 0.15) is 23.1 Å². The number of phenolic OH excluding ortho intramolecular Hbond substituents is 2. The van der Waals surface area contributed by atoms with E-state index in [0.717, 1.165) is 6.07 Å². The molecule has 0 amide bonds. The Morgan fingerprint density at radius 1 is 0.667 bits per heavy atom. The Bertz CT molecular complexity index is 1180. The van der Waals surface area contributed by atoms with Crippen LogP contribution in [0.15, 0.2) is 66.7 Å². The van der Waals surface area contributed by atoms with Crippen molar-refractivity contribution in [1.29, 1.82) is 0 Å². The minimum atomic E-state index is -0.631. The fourth-order valence-corrected chi connectivity index (χ4v) is 3.46. The lowest BCUT2D eigenvalue weighted by Gasteiger charge is -2.16. The van der Waals surface area contributed by atoms with Crippen molar-refractivity contribution in [2.75, 3.05) is 0 Å². The predicted molar refractivity (Wildman–Crippen MR) is 103 cm³/mol. The second-order valence-corrected chi connectivity index (χ2v) is 6.56. The van der Waals surface area contributed by atoms with Gasteiger partial charge >= 0.3 is 0 Å². The predicted octanol–water partition coefficient (Wildman–Crippen LogP) is 6.52. The number of rotatable bonds is 2. The van der Waals surface area contributed by atoms with Crippen LogP contribution >= 0.6 is 11.6 Å². The number of aromatic hydroxyl groups is 2. The number of hydrogen-bond acceptors (Lipinski definition) is 2. The van der Waals surface area contributed by atoms with E-state index in [4.69, 9.17) is 11.6 Å². The van der Waals surface area contributed by atoms with Gasteiger partial charge in [0.15, 0.2) is 0 Å². The van der Waals surface area contributed by atoms with Crippen LogP contribution in [-0.2, 0) is 0 Å². The first-order chi connectivity index (χ1) is 13.0. The molecule has 4 aromatic carbocycles. The van der Waals surface area contributed by atoms with Crippen LogP contribution in [-0.4, -0.2) is 10.2 Å². The first kappa shape index (κ1) is 17.3. The number of hydrogen-bond donors (Lipinski definition) is 2. The lowest BCUT2D eigenvalue weighted by Crippen LogP contribution is -1.92. The van der Waals surface area contributed by atoms with Gasteiger partial charge in [-0.25, -0.2) is 8.78 Å². The highest BCUT2D eigenvalue weighted by Gasteiger charge is 2.21. The van der Waals surface area contributed by atoms with Gasteiger partial charge in [0, 0.05) is 32.7 Å². The largest absolute Gasteiger partial charge is 0.507 e. The van der Waals surface area contributed by atoms with Gasteiger partial charge in [-0.05, 0) is 41.8 Å². The second-order valence-electron chi connectivity index (χ2n) is 6.12. The molecule has 134 valence electrons. The molecule has 0 aliphatic heterocycles. The Hall–Kier alpha value is -3.11. The third kappa shape index (κ3) is 2.88. The minimum absolute atomic E-state index is 0.102. The molecule has 0 saturated carbocycles. The van der Waals surface area contributed by atoms with Gasteiger partial charge in [-0.2, -0.15) is 0 Å². The Balaban J connectivity index is 2.19. The monoisotopic (exact) mass is 382 g/mol. The highest BCUT2D eigenvalue weighted by Crippen LogP contribution is 2.46. The molecule has 2 nitrogen and oxygen atoms in total. The summed E-state index contributed by atoms with van der Waals surface area (Å²) in [7, 11) is 0. The Kier molecular flexibility index (Phi) is 4.21. The molecule has 0 radical (unpaired) electrons. The molecule has 0 aliphatic rings. The topological polar surface area (TPSA) is 40.5 Å². The summed E-state index contributed by atoms with van der Waals surface area (Å²) in [4.78, 5) is 0. The van der Waals surface area contributed by atoms with Gasteiger partial charge in [-0.15, -0.1) is 0 Å². The van der Waals surface area contributed by atoms with E-state index in [2.05, 4.69) is 0 Å². The summed E-state index contributed by atoms with van der Waals surface area (Å²) in [5.41, 5.74) is 0.606. The smallest absolute Gasteiger partial charge is 0.132 e. The van der Waals surface area contributed by atoms with E-state index in [1.807, 2.05) is 0 Å². The highest BCUT2D eigenvalue weighted by molar-refractivity contribution is 6.30. The van der Waals surface area contributed by atoms with E-state index < -0.39 is 11.6 Å². The van der Waals surface area contributed by atoms with Crippen LogP contribution in [0.4, 0.5) is 8.78 Å². The van der Waals surface area contributed by atoms with Crippen molar-refractivity contribution >= 4 is 22.4 Å². The quantitative estimate of drug-likeness (QED) is 0.414. The fourth-order valence-electron chi connectivity index (χ4n) is 3.30. The van der Waals surface area contributed by atoms with E-state index in [-0.39, 0.29) is 38.8 Å². The van der Waals surface area contributed by atoms with Crippen LogP contribution < -0.4 is 0 Å². The van der Waals surface area contributed by atoms with Crippen LogP contribution in [0.2, 0.25) is 5.02 Å². The van der Waals surface area contributed by atoms with E-state index in [0.29, 0.717) is 10.8 Å². The maximum Gasteiger partial charge on any atom is 0.132 e. The minimum Gasteiger partial charge on any atom is -0.507 e. The van der Waals surface area contributed by atoms with E-state index in [9.17, 15) is 19.0 Å². The number of benzene rings is 4. The molecule has 4 rings (SSSR count). The molecular formula is C22H13ClF2O2. The number of fused-ring (bicyclic) bond motifs is 1. The Morgan fingerprint density at radius 2 is 1.26 bits per heavy atom. The summed E-state index contributed by atoms with van der Waals surface area (Å²) >= 11 is 5.84. The normalized spacial score (nSPS) is 11.1. The fraction of sp³-hybridized carbons (Fsp3) is 0. The van der Waals surface area contributed by atoms with Crippen LogP contribution in [0.1, 0.15) is 0 Å². The SMILES string of the molecule is Oc1ccc2ccc(O)c(-c3ccc(Cl)cc3F)c2c1-c1ccccc1F. The highest BCUT2D eigenvalue weighted by atomic mass is 35.5. The molecule has 0 unspecified atom stereocenters. The van der Waals surface area contributed by atoms with Gasteiger partial charge in [-0.3, -0.25) is 0 Å². The summed E-state index contributed by atoms with van der Waals surface area (Å²) in [6, 6.07) is 16.2. The van der Waals surface area contributed by atoms with Crippen LogP contribution in [0.25, 0.3) is 33.0 Å². The van der Waals surface area contributed by atoms with Crippen molar-refractivity contribution in [3.05, 3.63) is 83.4 Å². The first-order valence-corrected chi connectivity index (χ1v) is 8.53. The molecule has 0 spiro atoms. The zero-order chi connectivity index (χ0) is 19.1. The van der Waals surface area contributed by atoms with Gasteiger partial charge in [-0.1, -0.05) is 41.9 Å². The number of phenols is 2. The third-order valence-electron chi connectivity index (χ3n) is 4.49. The molecule has 27 heavy (non-hydrogen) atoms. The Morgan fingerprint density at radius 3 is 1.85 bits per heavy atom. The zero-order valence-corrected chi connectivity index (χ0v) is 14.6. The van der Waals surface area contributed by atoms with Crippen LogP contribution in [0.3, 0.4) is 0 Å². The molecular weight excluding hydrogens is 370 g/mol. The molecule has 0 aromatic heterocycles. The lowest BCUT2D eigenvalue weighted by atomic mass is 9.90. The van der Waals surface area contributed by atoms with Gasteiger partial charge in [0.25, 0.3) is 0 Å². The maximum atomic E-state index is 14.6. The van der Waals surface area contributed by atoms with Gasteiger partial charge < -0.3 is 10.2 Å². The average molecular weight is 383 g/mol. The summed E-state index contributed by atoms with van der Waals surface area (Å²) < 4.78 is 29.1. The average Bonchev–Trinajstić information content (AvgIpc) is 2.64. The van der Waals surface area contributed by atoms with Crippen LogP contribution in [0.5, 0.6) is 11.5 Å². The molecule has 2 N–H and O–H groups in total. The van der Waals surface area contributed by atoms with Crippen LogP contribution in [0, 0.1) is 11.6 Å². The van der Waals surface area contributed by atoms with Crippen molar-refractivity contribution in [2.24, 2.45) is 0 Å². The van der Waals surface area contributed by atoms with Gasteiger partial charge in [0.2, 0.25) is 0 Å². The molecule has 0 atom stereocenters. The van der Waals surface area contributed by atoms with E-state index >= 15 is 0 Å². The Labute approximate surface area is 158 Å². The second kappa shape index (κ2) is 6.56. The molecule has 0 heterocycles. The lowest BCUT2D eigenvalue weighted by molar-refractivity contribution is 0.476. The van der Waals surface area contributed by atoms with Crippen molar-refractivity contribution in [1.82, 2.24) is 0 Å². The summed E-state index contributed by atoms with van der Waals surface area (Å²) in [6.07, 6.45) is 0. The zero-order valence-electron chi connectivity index (χ0n) is 13.9. The van der Waals surface area contributed by atoms with Crippen molar-refractivity contribution in [2.45, 2.75) is 0 Å². The van der Waals surface area contributed by atoms with E-state index in [1.54, 1.807) is 18.2 Å². The van der Waals surface area contributed by atoms with Crippen molar-refractivity contribution < 1.29 is 19.0 Å². The van der Waals surface area contributed by atoms with Crippen molar-refractivity contribution in [3.8, 4) is 33.8 Å². The maximum absolute atomic E-state index is 14.6. The molecule has 4 aromatic rings. The van der Waals surface area contributed by atoms with Crippen molar-refractivity contribution in [3.63, 3.8) is 0 Å². The van der Waals surface area contributed by atoms with E-state index in [1.165, 1.54) is 42.5 Å². The molecule has 5 heteroatoms. The first-order valence-electron chi connectivity index (χ1n) is 8.15. The molecule has 0 saturated heterocycles. The molecule has 0 fully saturated rings. The summed E-state index contributed by atoms with van der Waals surface area (Å²) in [5, 5.41) is 22.2. The summed E-state index contributed by atoms with van der Waals surface area (Å²) in [6.45, 7) is 0. The van der Waals surface area contributed by atoms with Gasteiger partial charge in [0.05, 0.1) is 0 Å². The standard InChI is InChI=1S/C22H13ClF2O2/c23-13-7-8-15(17(25)11-13)22-19(27)10-6-12-5-9-18(26)21(20(12)22)14-3-1-2-4-16(14)24/h1-11,26-27H. The number of halogens is 3. The summed E-state index contributed by atoms with van der Waals surface area (Å²) in [5.74, 6) is -1.53. The molecule has 0 aliphatic carbocycles. The third-order valence-corrected chi connectivity index (χ3v) is 4.72. The molecule has 0 bridgehead atoms.